The number of hydrogen-bond acceptors (Lipinski definition) is 4. The standard InChI is InChI=1S/C18H28N2O2/c1-3-4-6-17(21)15-19-11-5-12-20(14-13-19)16-7-9-18(22-2)10-8-16/h3,7-10,17,21H,1,4-6,11-15H2,2H3. The molecule has 0 amide bonds. The number of hydrogen-bond donors (Lipinski definition) is 1. The second-order valence-electron chi connectivity index (χ2n) is 5.86. The summed E-state index contributed by atoms with van der Waals surface area (Å²) in [7, 11) is 1.69. The summed E-state index contributed by atoms with van der Waals surface area (Å²) >= 11 is 0. The van der Waals surface area contributed by atoms with Crippen molar-refractivity contribution < 1.29 is 9.84 Å². The molecule has 0 aromatic heterocycles. The van der Waals surface area contributed by atoms with Gasteiger partial charge in [-0.2, -0.15) is 0 Å². The monoisotopic (exact) mass is 304 g/mol. The Morgan fingerprint density at radius 1 is 1.23 bits per heavy atom. The summed E-state index contributed by atoms with van der Waals surface area (Å²) in [5.41, 5.74) is 1.25. The number of nitrogens with zero attached hydrogens (tertiary/aromatic N) is 2. The van der Waals surface area contributed by atoms with Gasteiger partial charge in [0.15, 0.2) is 0 Å². The van der Waals surface area contributed by atoms with Crippen LogP contribution in [0, 0.1) is 0 Å². The zero-order chi connectivity index (χ0) is 15.8. The summed E-state index contributed by atoms with van der Waals surface area (Å²) in [6.45, 7) is 8.59. The lowest BCUT2D eigenvalue weighted by Crippen LogP contribution is -2.35. The van der Waals surface area contributed by atoms with Gasteiger partial charge in [-0.25, -0.2) is 0 Å². The summed E-state index contributed by atoms with van der Waals surface area (Å²) in [4.78, 5) is 4.78. The van der Waals surface area contributed by atoms with E-state index in [2.05, 4.69) is 28.5 Å². The molecule has 1 heterocycles. The van der Waals surface area contributed by atoms with Gasteiger partial charge in [0, 0.05) is 31.9 Å². The van der Waals surface area contributed by atoms with Crippen LogP contribution in [-0.4, -0.2) is 55.9 Å². The molecule has 2 rings (SSSR count). The molecular formula is C18H28N2O2. The fraction of sp³-hybridized carbons (Fsp3) is 0.556. The number of allylic oxidation sites excluding steroid dienone is 1. The molecule has 1 aromatic rings. The third-order valence-corrected chi connectivity index (χ3v) is 4.20. The molecule has 1 aromatic carbocycles. The molecule has 1 aliphatic rings. The summed E-state index contributed by atoms with van der Waals surface area (Å²) in [6.07, 6.45) is 4.44. The lowest BCUT2D eigenvalue weighted by atomic mass is 10.2. The Labute approximate surface area is 134 Å². The van der Waals surface area contributed by atoms with E-state index in [1.807, 2.05) is 18.2 Å². The largest absolute Gasteiger partial charge is 0.497 e. The van der Waals surface area contributed by atoms with Crippen molar-refractivity contribution in [2.75, 3.05) is 44.7 Å². The second-order valence-corrected chi connectivity index (χ2v) is 5.86. The van der Waals surface area contributed by atoms with E-state index in [1.165, 1.54) is 5.69 Å². The predicted molar refractivity (Wildman–Crippen MR) is 91.7 cm³/mol. The van der Waals surface area contributed by atoms with Crippen LogP contribution in [0.3, 0.4) is 0 Å². The van der Waals surface area contributed by atoms with Gasteiger partial charge < -0.3 is 14.7 Å². The highest BCUT2D eigenvalue weighted by atomic mass is 16.5. The third-order valence-electron chi connectivity index (χ3n) is 4.20. The van der Waals surface area contributed by atoms with Crippen LogP contribution >= 0.6 is 0 Å². The molecule has 0 radical (unpaired) electrons. The van der Waals surface area contributed by atoms with Crippen LogP contribution in [0.2, 0.25) is 0 Å². The smallest absolute Gasteiger partial charge is 0.119 e. The van der Waals surface area contributed by atoms with Crippen molar-refractivity contribution in [3.8, 4) is 5.75 Å². The van der Waals surface area contributed by atoms with Gasteiger partial charge >= 0.3 is 0 Å². The van der Waals surface area contributed by atoms with E-state index in [4.69, 9.17) is 4.74 Å². The van der Waals surface area contributed by atoms with Crippen molar-refractivity contribution in [3.05, 3.63) is 36.9 Å². The molecule has 4 nitrogen and oxygen atoms in total. The number of ether oxygens (including phenoxy) is 1. The lowest BCUT2D eigenvalue weighted by molar-refractivity contribution is 0.110. The van der Waals surface area contributed by atoms with Crippen LogP contribution in [0.1, 0.15) is 19.3 Å². The summed E-state index contributed by atoms with van der Waals surface area (Å²) in [6, 6.07) is 8.26. The van der Waals surface area contributed by atoms with E-state index in [9.17, 15) is 5.11 Å². The maximum atomic E-state index is 10.0. The van der Waals surface area contributed by atoms with Crippen LogP contribution in [0.25, 0.3) is 0 Å². The molecule has 0 aliphatic carbocycles. The molecule has 1 unspecified atom stereocenters. The van der Waals surface area contributed by atoms with Crippen molar-refractivity contribution >= 4 is 5.69 Å². The first-order valence-electron chi connectivity index (χ1n) is 8.13. The maximum absolute atomic E-state index is 10.0. The highest BCUT2D eigenvalue weighted by molar-refractivity contribution is 5.49. The topological polar surface area (TPSA) is 35.9 Å². The first-order valence-corrected chi connectivity index (χ1v) is 8.13. The van der Waals surface area contributed by atoms with Crippen molar-refractivity contribution in [3.63, 3.8) is 0 Å². The van der Waals surface area contributed by atoms with Crippen LogP contribution in [0.15, 0.2) is 36.9 Å². The summed E-state index contributed by atoms with van der Waals surface area (Å²) < 4.78 is 5.21. The van der Waals surface area contributed by atoms with Crippen molar-refractivity contribution in [2.24, 2.45) is 0 Å². The lowest BCUT2D eigenvalue weighted by Gasteiger charge is -2.25. The molecule has 1 atom stereocenters. The van der Waals surface area contributed by atoms with Crippen LogP contribution in [-0.2, 0) is 0 Å². The third kappa shape index (κ3) is 5.04. The maximum Gasteiger partial charge on any atom is 0.119 e. The number of β-amino-alcohol motifs (C(OH)–C–C–N with tert-alkyl or cyclic N) is 1. The Kier molecular flexibility index (Phi) is 6.74. The zero-order valence-electron chi connectivity index (χ0n) is 13.6. The van der Waals surface area contributed by atoms with Crippen LogP contribution in [0.5, 0.6) is 5.75 Å². The first kappa shape index (κ1) is 16.8. The Morgan fingerprint density at radius 2 is 2.00 bits per heavy atom. The average molecular weight is 304 g/mol. The molecular weight excluding hydrogens is 276 g/mol. The Hall–Kier alpha value is -1.52. The summed E-state index contributed by atoms with van der Waals surface area (Å²) in [5.74, 6) is 0.894. The molecule has 1 aliphatic heterocycles. The molecule has 1 fully saturated rings. The van der Waals surface area contributed by atoms with Gasteiger partial charge in [0.25, 0.3) is 0 Å². The fourth-order valence-electron chi connectivity index (χ4n) is 2.90. The quantitative estimate of drug-likeness (QED) is 0.785. The van der Waals surface area contributed by atoms with Crippen molar-refractivity contribution in [2.45, 2.75) is 25.4 Å². The first-order chi connectivity index (χ1) is 10.7. The highest BCUT2D eigenvalue weighted by Crippen LogP contribution is 2.20. The minimum absolute atomic E-state index is 0.245. The van der Waals surface area contributed by atoms with E-state index >= 15 is 0 Å². The van der Waals surface area contributed by atoms with Gasteiger partial charge in [-0.3, -0.25) is 4.90 Å². The van der Waals surface area contributed by atoms with Crippen LogP contribution in [0.4, 0.5) is 5.69 Å². The molecule has 0 saturated carbocycles. The number of rotatable bonds is 7. The van der Waals surface area contributed by atoms with Crippen LogP contribution < -0.4 is 9.64 Å². The molecule has 4 heteroatoms. The van der Waals surface area contributed by atoms with Crippen molar-refractivity contribution in [1.29, 1.82) is 0 Å². The summed E-state index contributed by atoms with van der Waals surface area (Å²) in [5, 5.41) is 10.0. The Morgan fingerprint density at radius 3 is 2.68 bits per heavy atom. The van der Waals surface area contributed by atoms with E-state index in [1.54, 1.807) is 7.11 Å². The molecule has 0 spiro atoms. The average Bonchev–Trinajstić information content (AvgIpc) is 2.78. The van der Waals surface area contributed by atoms with Gasteiger partial charge in [-0.05, 0) is 50.1 Å². The molecule has 122 valence electrons. The van der Waals surface area contributed by atoms with Gasteiger partial charge in [0.1, 0.15) is 5.75 Å². The van der Waals surface area contributed by atoms with E-state index < -0.39 is 0 Å². The minimum atomic E-state index is -0.245. The van der Waals surface area contributed by atoms with Gasteiger partial charge in [-0.15, -0.1) is 6.58 Å². The van der Waals surface area contributed by atoms with Gasteiger partial charge in [0.2, 0.25) is 0 Å². The normalized spacial score (nSPS) is 17.8. The minimum Gasteiger partial charge on any atom is -0.497 e. The van der Waals surface area contributed by atoms with Gasteiger partial charge in [-0.1, -0.05) is 6.08 Å². The predicted octanol–water partition coefficient (Wildman–Crippen LogP) is 2.53. The number of benzene rings is 1. The number of aliphatic hydroxyl groups excluding tert-OH is 1. The van der Waals surface area contributed by atoms with Gasteiger partial charge in [0.05, 0.1) is 13.2 Å². The Bertz CT molecular complexity index is 447. The number of aliphatic hydroxyl groups is 1. The van der Waals surface area contributed by atoms with Crippen molar-refractivity contribution in [1.82, 2.24) is 4.90 Å². The Balaban J connectivity index is 1.84. The fourth-order valence-corrected chi connectivity index (χ4v) is 2.90. The van der Waals surface area contributed by atoms with E-state index in [-0.39, 0.29) is 6.10 Å². The molecule has 0 bridgehead atoms. The SMILES string of the molecule is C=CCCC(O)CN1CCCN(c2ccc(OC)cc2)CC1. The zero-order valence-corrected chi connectivity index (χ0v) is 13.6. The molecule has 22 heavy (non-hydrogen) atoms. The number of methoxy groups -OCH3 is 1. The van der Waals surface area contributed by atoms with E-state index in [0.29, 0.717) is 0 Å². The highest BCUT2D eigenvalue weighted by Gasteiger charge is 2.17. The molecule has 1 saturated heterocycles. The second kappa shape index (κ2) is 8.81. The van der Waals surface area contributed by atoms with E-state index in [0.717, 1.165) is 57.7 Å². The molecule has 1 N–H and O–H groups in total. The number of anilines is 1.